The lowest BCUT2D eigenvalue weighted by molar-refractivity contribution is -0.218. The average Bonchev–Trinajstić information content (AvgIpc) is 4.14. The number of carbonyl (C=O) groups excluding carboxylic acids is 3. The molecule has 2 atom stereocenters. The van der Waals surface area contributed by atoms with E-state index in [0.29, 0.717) is 16.8 Å². The van der Waals surface area contributed by atoms with Crippen LogP contribution in [0.5, 0.6) is 0 Å². The van der Waals surface area contributed by atoms with Gasteiger partial charge in [0.1, 0.15) is 30.8 Å². The molecule has 1 aliphatic heterocycles. The SMILES string of the molecule is CC(C)(C[C@]1(c2ccc(-c3cnn(C4CC4)n3)cc2)N=C(NC(=O)OCc2ccccc2)N(C(COC(=O)NC2(C(F)F)CC2)c2ccc(Cl)c(-c3ncnn3C(F)F)c2)C1=O)C(F)(F)F. The van der Waals surface area contributed by atoms with E-state index in [1.54, 1.807) is 35.1 Å². The molecule has 3 amide bonds. The summed E-state index contributed by atoms with van der Waals surface area (Å²) in [7, 11) is 0. The number of hydrogen-bond acceptors (Lipinski definition) is 10. The summed E-state index contributed by atoms with van der Waals surface area (Å²) in [6.07, 6.45) is -7.47. The van der Waals surface area contributed by atoms with Gasteiger partial charge in [0.25, 0.3) is 12.3 Å². The summed E-state index contributed by atoms with van der Waals surface area (Å²) in [5, 5.41) is 16.8. The van der Waals surface area contributed by atoms with Crippen molar-refractivity contribution in [1.29, 1.82) is 0 Å². The van der Waals surface area contributed by atoms with Gasteiger partial charge < -0.3 is 14.8 Å². The Hall–Kier alpha value is -6.58. The van der Waals surface area contributed by atoms with Crippen molar-refractivity contribution in [2.24, 2.45) is 10.4 Å². The van der Waals surface area contributed by atoms with Crippen molar-refractivity contribution in [2.45, 2.75) is 94.9 Å². The number of aliphatic imine (C=N–C) groups is 1. The minimum atomic E-state index is -4.93. The van der Waals surface area contributed by atoms with Crippen LogP contribution in [0.1, 0.15) is 81.3 Å². The molecule has 3 heterocycles. The molecule has 3 aliphatic rings. The zero-order chi connectivity index (χ0) is 47.2. The van der Waals surface area contributed by atoms with Crippen molar-refractivity contribution in [1.82, 2.24) is 45.3 Å². The van der Waals surface area contributed by atoms with Crippen LogP contribution in [0.15, 0.2) is 90.3 Å². The summed E-state index contributed by atoms with van der Waals surface area (Å²) in [4.78, 5) is 53.3. The molecule has 23 heteroatoms. The van der Waals surface area contributed by atoms with E-state index < -0.39 is 84.6 Å². The second-order valence-corrected chi connectivity index (χ2v) is 17.2. The number of rotatable bonds is 15. The Balaban J connectivity index is 1.25. The fourth-order valence-electron chi connectivity index (χ4n) is 7.51. The van der Waals surface area contributed by atoms with Crippen molar-refractivity contribution in [3.8, 4) is 22.6 Å². The number of benzene rings is 3. The molecule has 1 unspecified atom stereocenters. The lowest BCUT2D eigenvalue weighted by Crippen LogP contribution is -2.51. The van der Waals surface area contributed by atoms with E-state index in [-0.39, 0.29) is 51.9 Å². The molecule has 348 valence electrons. The van der Waals surface area contributed by atoms with Gasteiger partial charge in [-0.05, 0) is 60.9 Å². The Bertz CT molecular complexity index is 2640. The normalized spacial score (nSPS) is 18.6. The Morgan fingerprint density at radius 1 is 0.939 bits per heavy atom. The minimum Gasteiger partial charge on any atom is -0.447 e. The second kappa shape index (κ2) is 17.7. The molecule has 0 bridgehead atoms. The zero-order valence-corrected chi connectivity index (χ0v) is 35.7. The van der Waals surface area contributed by atoms with Gasteiger partial charge in [-0.15, -0.1) is 0 Å². The lowest BCUT2D eigenvalue weighted by atomic mass is 9.74. The quantitative estimate of drug-likeness (QED) is 0.0972. The monoisotopic (exact) mass is 944 g/mol. The fraction of sp³-hybridized carbons (Fsp3) is 0.395. The molecule has 2 N–H and O–H groups in total. The molecule has 66 heavy (non-hydrogen) atoms. The third-order valence-electron chi connectivity index (χ3n) is 11.6. The molecule has 0 spiro atoms. The minimum absolute atomic E-state index is 0.0607. The summed E-state index contributed by atoms with van der Waals surface area (Å²) in [5.41, 5.74) is -5.83. The predicted octanol–water partition coefficient (Wildman–Crippen LogP) is 9.15. The number of alkyl halides is 7. The lowest BCUT2D eigenvalue weighted by Gasteiger charge is -2.37. The van der Waals surface area contributed by atoms with E-state index >= 15 is 4.79 Å². The van der Waals surface area contributed by atoms with Crippen molar-refractivity contribution >= 4 is 35.7 Å². The van der Waals surface area contributed by atoms with E-state index in [0.717, 1.165) is 37.9 Å². The fourth-order valence-corrected chi connectivity index (χ4v) is 7.71. The highest BCUT2D eigenvalue weighted by atomic mass is 35.5. The molecule has 3 aromatic carbocycles. The van der Waals surface area contributed by atoms with Gasteiger partial charge >= 0.3 is 24.9 Å². The summed E-state index contributed by atoms with van der Waals surface area (Å²) in [6, 6.07) is 16.4. The van der Waals surface area contributed by atoms with E-state index in [9.17, 15) is 40.3 Å². The number of nitrogens with one attached hydrogen (secondary N) is 2. The van der Waals surface area contributed by atoms with Crippen molar-refractivity contribution in [3.63, 3.8) is 0 Å². The summed E-state index contributed by atoms with van der Waals surface area (Å²) < 4.78 is 112. The number of nitrogens with zero attached hydrogens (tertiary/aromatic N) is 8. The maximum absolute atomic E-state index is 15.6. The van der Waals surface area contributed by atoms with Gasteiger partial charge in [-0.25, -0.2) is 28.3 Å². The van der Waals surface area contributed by atoms with E-state index in [1.807, 2.05) is 0 Å². The van der Waals surface area contributed by atoms with Crippen molar-refractivity contribution in [3.05, 3.63) is 107 Å². The van der Waals surface area contributed by atoms with E-state index in [1.165, 1.54) is 48.7 Å². The number of carbonyl (C=O) groups is 3. The van der Waals surface area contributed by atoms with Crippen LogP contribution in [0.25, 0.3) is 22.6 Å². The highest BCUT2D eigenvalue weighted by molar-refractivity contribution is 6.33. The molecule has 2 fully saturated rings. The number of halogens is 8. The topological polar surface area (TPSA) is 171 Å². The molecule has 15 nitrogen and oxygen atoms in total. The van der Waals surface area contributed by atoms with Crippen LogP contribution < -0.4 is 10.6 Å². The summed E-state index contributed by atoms with van der Waals surface area (Å²) in [5.74, 6) is -2.28. The average molecular weight is 945 g/mol. The first-order valence-electron chi connectivity index (χ1n) is 20.5. The van der Waals surface area contributed by atoms with Gasteiger partial charge in [0.2, 0.25) is 5.96 Å². The van der Waals surface area contributed by atoms with Crippen molar-refractivity contribution < 1.29 is 54.6 Å². The number of hydrogen-bond donors (Lipinski definition) is 2. The molecule has 2 aliphatic carbocycles. The first kappa shape index (κ1) is 46.0. The van der Waals surface area contributed by atoms with Gasteiger partial charge in [-0.1, -0.05) is 86.1 Å². The summed E-state index contributed by atoms with van der Waals surface area (Å²) >= 11 is 6.51. The van der Waals surface area contributed by atoms with Gasteiger partial charge in [0.15, 0.2) is 11.4 Å². The van der Waals surface area contributed by atoms with Crippen LogP contribution in [0.2, 0.25) is 5.02 Å². The van der Waals surface area contributed by atoms with Gasteiger partial charge in [0, 0.05) is 11.1 Å². The Kier molecular flexibility index (Phi) is 12.3. The van der Waals surface area contributed by atoms with E-state index in [4.69, 9.17) is 21.1 Å². The molecular weight excluding hydrogens is 905 g/mol. The molecular formula is C43H40ClF7N10O5. The third-order valence-corrected chi connectivity index (χ3v) is 12.0. The highest BCUT2D eigenvalue weighted by Crippen LogP contribution is 2.51. The number of alkyl carbamates (subject to hydrolysis) is 2. The highest BCUT2D eigenvalue weighted by Gasteiger charge is 2.60. The van der Waals surface area contributed by atoms with Crippen LogP contribution >= 0.6 is 11.6 Å². The molecule has 2 saturated carbocycles. The maximum Gasteiger partial charge on any atom is 0.414 e. The number of amides is 3. The smallest absolute Gasteiger partial charge is 0.414 e. The first-order chi connectivity index (χ1) is 31.3. The Labute approximate surface area is 376 Å². The summed E-state index contributed by atoms with van der Waals surface area (Å²) in [6.45, 7) is -2.67. The number of guanidine groups is 1. The van der Waals surface area contributed by atoms with Crippen LogP contribution in [0.4, 0.5) is 40.3 Å². The Morgan fingerprint density at radius 3 is 2.29 bits per heavy atom. The predicted molar refractivity (Wildman–Crippen MR) is 221 cm³/mol. The van der Waals surface area contributed by atoms with E-state index in [2.05, 4.69) is 35.9 Å². The number of ether oxygens (including phenoxy) is 2. The van der Waals surface area contributed by atoms with Crippen LogP contribution in [0.3, 0.4) is 0 Å². The Morgan fingerprint density at radius 2 is 1.65 bits per heavy atom. The van der Waals surface area contributed by atoms with Gasteiger partial charge in [0.05, 0.1) is 28.7 Å². The van der Waals surface area contributed by atoms with Gasteiger partial charge in [-0.2, -0.15) is 46.7 Å². The third kappa shape index (κ3) is 9.27. The number of aromatic nitrogens is 6. The molecule has 5 aromatic rings. The second-order valence-electron chi connectivity index (χ2n) is 16.8. The maximum atomic E-state index is 15.6. The molecule has 8 rings (SSSR count). The zero-order valence-electron chi connectivity index (χ0n) is 35.0. The first-order valence-corrected chi connectivity index (χ1v) is 20.9. The standard InChI is InChI=1S/C43H40ClF7N10O5/c1-40(2,43(49,50)51)22-42(27-11-8-25(9-12-27)31-19-53-61(58-31)28-13-14-28)35(62)59(37(56-42)55-38(63)65-20-24-6-4-3-5-7-24)32(21-66-39(64)57-41(16-17-41)34(45)46)26-10-15-30(44)29(18-26)33-52-23-54-60(33)36(47)48/h3-12,15,18-19,23,28,32,34,36H,13-14,16-17,20-22H2,1-2H3,(H,57,64)(H,55,56,63)/t32?,42-/m1/s1. The largest absolute Gasteiger partial charge is 0.447 e. The molecule has 0 radical (unpaired) electrons. The van der Waals surface area contributed by atoms with Crippen molar-refractivity contribution in [2.75, 3.05) is 6.61 Å². The van der Waals surface area contributed by atoms with Crippen LogP contribution in [-0.4, -0.2) is 83.5 Å². The molecule has 0 saturated heterocycles. The molecule has 2 aromatic heterocycles. The van der Waals surface area contributed by atoms with Crippen LogP contribution in [0, 0.1) is 5.41 Å². The van der Waals surface area contributed by atoms with Crippen LogP contribution in [-0.2, 0) is 26.4 Å². The van der Waals surface area contributed by atoms with Gasteiger partial charge in [-0.3, -0.25) is 15.0 Å².